The van der Waals surface area contributed by atoms with E-state index in [1.54, 1.807) is 7.11 Å². The Morgan fingerprint density at radius 2 is 2.21 bits per heavy atom. The summed E-state index contributed by atoms with van der Waals surface area (Å²) in [7, 11) is 1.63. The molecule has 0 unspecified atom stereocenters. The highest BCUT2D eigenvalue weighted by Crippen LogP contribution is 2.32. The predicted octanol–water partition coefficient (Wildman–Crippen LogP) is 3.71. The zero-order valence-corrected chi connectivity index (χ0v) is 15.9. The van der Waals surface area contributed by atoms with Gasteiger partial charge in [0.05, 0.1) is 19.0 Å². The van der Waals surface area contributed by atoms with E-state index in [9.17, 15) is 4.39 Å². The summed E-state index contributed by atoms with van der Waals surface area (Å²) in [5, 5.41) is 10.3. The van der Waals surface area contributed by atoms with Crippen LogP contribution in [0.4, 0.5) is 21.8 Å². The first-order chi connectivity index (χ1) is 14.1. The summed E-state index contributed by atoms with van der Waals surface area (Å²) in [6, 6.07) is 7.81. The van der Waals surface area contributed by atoms with Gasteiger partial charge in [-0.15, -0.1) is 4.98 Å². The number of hydrogen-bond acceptors (Lipinski definition) is 6. The zero-order chi connectivity index (χ0) is 20.2. The van der Waals surface area contributed by atoms with Gasteiger partial charge in [0.15, 0.2) is 17.8 Å². The van der Waals surface area contributed by atoms with Crippen molar-refractivity contribution in [2.75, 3.05) is 25.5 Å². The average Bonchev–Trinajstić information content (AvgIpc) is 3.37. The van der Waals surface area contributed by atoms with Crippen molar-refractivity contribution in [3.05, 3.63) is 53.6 Å². The van der Waals surface area contributed by atoms with Gasteiger partial charge in [-0.1, -0.05) is 12.6 Å². The number of hydrogen-bond donors (Lipinski definition) is 2. The van der Waals surface area contributed by atoms with Gasteiger partial charge in [0.2, 0.25) is 0 Å². The quantitative estimate of drug-likeness (QED) is 0.621. The highest BCUT2D eigenvalue weighted by atomic mass is 19.1. The van der Waals surface area contributed by atoms with E-state index in [4.69, 9.17) is 11.3 Å². The fourth-order valence-corrected chi connectivity index (χ4v) is 3.34. The maximum atomic E-state index is 13.4. The number of halogens is 1. The second-order valence-electron chi connectivity index (χ2n) is 6.82. The number of anilines is 2. The van der Waals surface area contributed by atoms with E-state index in [0.717, 1.165) is 29.1 Å². The summed E-state index contributed by atoms with van der Waals surface area (Å²) in [6.45, 7) is 8.88. The van der Waals surface area contributed by atoms with Gasteiger partial charge in [0.25, 0.3) is 5.82 Å². The highest BCUT2D eigenvalue weighted by molar-refractivity contribution is 5.71. The molecule has 0 amide bonds. The van der Waals surface area contributed by atoms with Crippen LogP contribution in [-0.4, -0.2) is 51.4 Å². The van der Waals surface area contributed by atoms with E-state index in [1.807, 2.05) is 24.3 Å². The minimum Gasteiger partial charge on any atom is -0.496 e. The number of nitrogens with one attached hydrogen (secondary N) is 2. The van der Waals surface area contributed by atoms with Crippen molar-refractivity contribution in [1.29, 1.82) is 0 Å². The number of methoxy groups -OCH3 is 1. The lowest BCUT2D eigenvalue weighted by atomic mass is 10.1. The maximum Gasteiger partial charge on any atom is 0.288 e. The summed E-state index contributed by atoms with van der Waals surface area (Å²) >= 11 is 0. The molecule has 3 heterocycles. The van der Waals surface area contributed by atoms with E-state index in [-0.39, 0.29) is 5.82 Å². The average molecular weight is 393 g/mol. The Morgan fingerprint density at radius 1 is 1.31 bits per heavy atom. The van der Waals surface area contributed by atoms with Crippen LogP contribution in [0.1, 0.15) is 12.0 Å². The van der Waals surface area contributed by atoms with Gasteiger partial charge in [0.1, 0.15) is 11.9 Å². The first kappa shape index (κ1) is 18.8. The fraction of sp³-hybridized carbons (Fsp3) is 0.300. The summed E-state index contributed by atoms with van der Waals surface area (Å²) in [5.74, 6) is 2.02. The van der Waals surface area contributed by atoms with Crippen molar-refractivity contribution in [1.82, 2.24) is 25.1 Å². The Kier molecular flexibility index (Phi) is 5.35. The molecule has 1 atom stereocenters. The fourth-order valence-electron chi connectivity index (χ4n) is 3.34. The predicted molar refractivity (Wildman–Crippen MR) is 107 cm³/mol. The molecule has 0 aliphatic carbocycles. The van der Waals surface area contributed by atoms with Crippen molar-refractivity contribution in [3.63, 3.8) is 0 Å². The van der Waals surface area contributed by atoms with Gasteiger partial charge < -0.3 is 14.9 Å². The molecule has 0 saturated carbocycles. The van der Waals surface area contributed by atoms with Gasteiger partial charge in [-0.2, -0.15) is 5.10 Å². The summed E-state index contributed by atoms with van der Waals surface area (Å²) in [5.41, 5.74) is 2.73. The van der Waals surface area contributed by atoms with Crippen LogP contribution < -0.4 is 10.1 Å². The maximum absolute atomic E-state index is 13.4. The lowest BCUT2D eigenvalue weighted by molar-refractivity contribution is 0.282. The molecular formula is C20H20FN7O. The van der Waals surface area contributed by atoms with Crippen LogP contribution in [0.25, 0.3) is 16.1 Å². The molecule has 8 nitrogen and oxygen atoms in total. The number of rotatable bonds is 6. The number of alkyl halides is 1. The Morgan fingerprint density at radius 3 is 2.90 bits per heavy atom. The Balaban J connectivity index is 1.49. The molecule has 4 rings (SSSR count). The van der Waals surface area contributed by atoms with Crippen LogP contribution in [0, 0.1) is 6.57 Å². The third-order valence-corrected chi connectivity index (χ3v) is 4.76. The molecule has 1 aliphatic heterocycles. The smallest absolute Gasteiger partial charge is 0.288 e. The number of benzene rings is 1. The van der Waals surface area contributed by atoms with Crippen molar-refractivity contribution < 1.29 is 9.13 Å². The standard InChI is InChI=1S/C20H20FN7O/c1-22-19-9-24-20(10-23-19)25-18-8-16(26-27-18)15-4-3-13(7-17(15)29-2)11-28-6-5-14(21)12-28/h3-4,7-10,14H,5-6,11-12H2,2H3,(H2,24,25,26,27)/t14-/m1/s1. The van der Waals surface area contributed by atoms with E-state index >= 15 is 0 Å². The van der Waals surface area contributed by atoms with Crippen molar-refractivity contribution in [3.8, 4) is 17.0 Å². The van der Waals surface area contributed by atoms with Crippen LogP contribution in [0.2, 0.25) is 0 Å². The lowest BCUT2D eigenvalue weighted by Crippen LogP contribution is -2.20. The van der Waals surface area contributed by atoms with Crippen molar-refractivity contribution >= 4 is 17.5 Å². The number of H-pyrrole nitrogens is 1. The summed E-state index contributed by atoms with van der Waals surface area (Å²) in [6.07, 6.45) is 2.76. The van der Waals surface area contributed by atoms with Gasteiger partial charge >= 0.3 is 0 Å². The first-order valence-corrected chi connectivity index (χ1v) is 9.20. The molecule has 1 saturated heterocycles. The first-order valence-electron chi connectivity index (χ1n) is 9.20. The van der Waals surface area contributed by atoms with Crippen molar-refractivity contribution in [2.45, 2.75) is 19.1 Å². The molecule has 0 spiro atoms. The number of ether oxygens (including phenoxy) is 1. The topological polar surface area (TPSA) is 83.3 Å². The molecule has 1 fully saturated rings. The third-order valence-electron chi connectivity index (χ3n) is 4.76. The van der Waals surface area contributed by atoms with E-state index in [0.29, 0.717) is 31.1 Å². The number of likely N-dealkylation sites (tertiary alicyclic amines) is 1. The number of aromatic amines is 1. The van der Waals surface area contributed by atoms with Crippen LogP contribution in [-0.2, 0) is 6.54 Å². The Labute approximate surface area is 167 Å². The van der Waals surface area contributed by atoms with Crippen molar-refractivity contribution in [2.24, 2.45) is 0 Å². The van der Waals surface area contributed by atoms with Crippen LogP contribution >= 0.6 is 0 Å². The van der Waals surface area contributed by atoms with Crippen LogP contribution in [0.15, 0.2) is 36.7 Å². The summed E-state index contributed by atoms with van der Waals surface area (Å²) in [4.78, 5) is 13.4. The molecule has 0 radical (unpaired) electrons. The molecule has 1 aromatic carbocycles. The minimum absolute atomic E-state index is 0.235. The minimum atomic E-state index is -0.727. The number of nitrogens with zero attached hydrogens (tertiary/aromatic N) is 5. The second kappa shape index (κ2) is 8.24. The van der Waals surface area contributed by atoms with E-state index < -0.39 is 6.17 Å². The molecule has 1 aliphatic rings. The molecule has 29 heavy (non-hydrogen) atoms. The summed E-state index contributed by atoms with van der Waals surface area (Å²) < 4.78 is 19.0. The Bertz CT molecular complexity index is 1030. The molecule has 9 heteroatoms. The van der Waals surface area contributed by atoms with Gasteiger partial charge in [-0.25, -0.2) is 9.37 Å². The van der Waals surface area contributed by atoms with E-state index in [1.165, 1.54) is 12.4 Å². The third kappa shape index (κ3) is 4.33. The molecular weight excluding hydrogens is 373 g/mol. The molecule has 0 bridgehead atoms. The SMILES string of the molecule is [C-]#[N+]c1cnc(Nc2cc(-c3ccc(CN4CC[C@@H](F)C4)cc3OC)[nH]n2)cn1. The largest absolute Gasteiger partial charge is 0.496 e. The van der Waals surface area contributed by atoms with Gasteiger partial charge in [-0.05, 0) is 24.1 Å². The monoisotopic (exact) mass is 393 g/mol. The molecule has 2 aromatic heterocycles. The van der Waals surface area contributed by atoms with Crippen LogP contribution in [0.3, 0.4) is 0 Å². The second-order valence-corrected chi connectivity index (χ2v) is 6.82. The molecule has 148 valence electrons. The normalized spacial score (nSPS) is 16.5. The van der Waals surface area contributed by atoms with Gasteiger partial charge in [0, 0.05) is 31.3 Å². The highest BCUT2D eigenvalue weighted by Gasteiger charge is 2.22. The Hall–Kier alpha value is -3.51. The zero-order valence-electron chi connectivity index (χ0n) is 15.9. The van der Waals surface area contributed by atoms with Gasteiger partial charge in [-0.3, -0.25) is 10.00 Å². The van der Waals surface area contributed by atoms with E-state index in [2.05, 4.69) is 35.2 Å². The number of aromatic nitrogens is 4. The molecule has 2 N–H and O–H groups in total. The molecule has 3 aromatic rings. The lowest BCUT2D eigenvalue weighted by Gasteiger charge is -2.16. The van der Waals surface area contributed by atoms with Crippen LogP contribution in [0.5, 0.6) is 5.75 Å².